The van der Waals surface area contributed by atoms with E-state index in [1.807, 2.05) is 0 Å². The average molecular weight is 306 g/mol. The molecule has 0 saturated heterocycles. The molecule has 0 aliphatic rings. The van der Waals surface area contributed by atoms with Gasteiger partial charge < -0.3 is 5.32 Å². The molecule has 1 amide bonds. The highest BCUT2D eigenvalue weighted by molar-refractivity contribution is 6.31. The van der Waals surface area contributed by atoms with E-state index in [2.05, 4.69) is 5.32 Å². The molecule has 2 aromatic rings. The van der Waals surface area contributed by atoms with Gasteiger partial charge in [-0.15, -0.1) is 0 Å². The summed E-state index contributed by atoms with van der Waals surface area (Å²) in [6.07, 6.45) is -0.197. The van der Waals surface area contributed by atoms with Crippen LogP contribution in [0.2, 0.25) is 5.02 Å². The van der Waals surface area contributed by atoms with Crippen molar-refractivity contribution < 1.29 is 14.0 Å². The van der Waals surface area contributed by atoms with Gasteiger partial charge in [-0.05, 0) is 31.2 Å². The molecule has 108 valence electrons. The van der Waals surface area contributed by atoms with Crippen molar-refractivity contribution >= 4 is 29.0 Å². The van der Waals surface area contributed by atoms with E-state index in [4.69, 9.17) is 11.6 Å². The summed E-state index contributed by atoms with van der Waals surface area (Å²) in [5.41, 5.74) is 0.949. The highest BCUT2D eigenvalue weighted by Crippen LogP contribution is 2.21. The second-order valence-corrected chi connectivity index (χ2v) is 4.93. The van der Waals surface area contributed by atoms with Crippen molar-refractivity contribution in [3.8, 4) is 0 Å². The number of carbonyl (C=O) groups excluding carboxylic acids is 2. The van der Waals surface area contributed by atoms with Crippen molar-refractivity contribution in [2.24, 2.45) is 0 Å². The summed E-state index contributed by atoms with van der Waals surface area (Å²) < 4.78 is 13.6. The first kappa shape index (κ1) is 15.2. The van der Waals surface area contributed by atoms with E-state index < -0.39 is 11.7 Å². The minimum atomic E-state index is -0.530. The van der Waals surface area contributed by atoms with Gasteiger partial charge in [-0.3, -0.25) is 9.59 Å². The molecule has 0 aliphatic carbocycles. The Morgan fingerprint density at radius 3 is 2.52 bits per heavy atom. The zero-order chi connectivity index (χ0) is 15.4. The van der Waals surface area contributed by atoms with Gasteiger partial charge in [0.1, 0.15) is 5.82 Å². The molecule has 21 heavy (non-hydrogen) atoms. The third-order valence-corrected chi connectivity index (χ3v) is 3.33. The number of para-hydroxylation sites is 1. The monoisotopic (exact) mass is 305 g/mol. The molecule has 0 bridgehead atoms. The minimum Gasteiger partial charge on any atom is -0.325 e. The van der Waals surface area contributed by atoms with E-state index in [1.54, 1.807) is 24.3 Å². The van der Waals surface area contributed by atoms with Gasteiger partial charge >= 0.3 is 0 Å². The zero-order valence-corrected chi connectivity index (χ0v) is 12.1. The predicted octanol–water partition coefficient (Wildman–Crippen LogP) is 3.86. The van der Waals surface area contributed by atoms with Crippen LogP contribution in [0.1, 0.15) is 22.8 Å². The van der Waals surface area contributed by atoms with Crippen molar-refractivity contribution in [1.29, 1.82) is 0 Å². The summed E-state index contributed by atoms with van der Waals surface area (Å²) in [5, 5.41) is 2.81. The first-order valence-electron chi connectivity index (χ1n) is 6.31. The molecule has 0 radical (unpaired) electrons. The SMILES string of the molecule is CC(=O)c1ccccc1NC(=O)Cc1c(F)cccc1Cl. The molecule has 0 fully saturated rings. The summed E-state index contributed by atoms with van der Waals surface area (Å²) in [5.74, 6) is -1.12. The topological polar surface area (TPSA) is 46.2 Å². The summed E-state index contributed by atoms with van der Waals surface area (Å²) >= 11 is 5.88. The molecule has 0 unspecified atom stereocenters. The van der Waals surface area contributed by atoms with Crippen molar-refractivity contribution in [2.75, 3.05) is 5.32 Å². The van der Waals surface area contributed by atoms with Crippen molar-refractivity contribution in [3.05, 3.63) is 64.4 Å². The van der Waals surface area contributed by atoms with Crippen LogP contribution in [0.3, 0.4) is 0 Å². The van der Waals surface area contributed by atoms with E-state index in [9.17, 15) is 14.0 Å². The first-order chi connectivity index (χ1) is 9.99. The Bertz CT molecular complexity index is 680. The van der Waals surface area contributed by atoms with Gasteiger partial charge in [0.15, 0.2) is 5.78 Å². The van der Waals surface area contributed by atoms with Crippen LogP contribution in [0.25, 0.3) is 0 Å². The standard InChI is InChI=1S/C16H13ClFNO2/c1-10(20)11-5-2-3-8-15(11)19-16(21)9-12-13(17)6-4-7-14(12)18/h2-8H,9H2,1H3,(H,19,21). The number of hydrogen-bond donors (Lipinski definition) is 1. The maximum atomic E-state index is 13.6. The second-order valence-electron chi connectivity index (χ2n) is 4.53. The lowest BCUT2D eigenvalue weighted by atomic mass is 10.1. The van der Waals surface area contributed by atoms with Crippen molar-refractivity contribution in [2.45, 2.75) is 13.3 Å². The number of amides is 1. The number of nitrogens with one attached hydrogen (secondary N) is 1. The molecule has 0 aliphatic heterocycles. The van der Waals surface area contributed by atoms with Crippen LogP contribution in [0, 0.1) is 5.82 Å². The van der Waals surface area contributed by atoms with Crippen LogP contribution in [-0.4, -0.2) is 11.7 Å². The molecule has 2 aromatic carbocycles. The Hall–Kier alpha value is -2.20. The van der Waals surface area contributed by atoms with Gasteiger partial charge in [0, 0.05) is 16.1 Å². The maximum Gasteiger partial charge on any atom is 0.228 e. The number of benzene rings is 2. The molecule has 5 heteroatoms. The smallest absolute Gasteiger partial charge is 0.228 e. The maximum absolute atomic E-state index is 13.6. The molecular weight excluding hydrogens is 293 g/mol. The van der Waals surface area contributed by atoms with Crippen LogP contribution in [0.4, 0.5) is 10.1 Å². The third-order valence-electron chi connectivity index (χ3n) is 2.98. The van der Waals surface area contributed by atoms with Gasteiger partial charge in [-0.2, -0.15) is 0 Å². The third kappa shape index (κ3) is 3.67. The average Bonchev–Trinajstić information content (AvgIpc) is 2.43. The summed E-state index contributed by atoms with van der Waals surface area (Å²) in [7, 11) is 0. The molecular formula is C16H13ClFNO2. The Morgan fingerprint density at radius 2 is 1.86 bits per heavy atom. The molecule has 0 saturated carbocycles. The molecule has 0 aromatic heterocycles. The fourth-order valence-corrected chi connectivity index (χ4v) is 2.19. The van der Waals surface area contributed by atoms with Gasteiger partial charge in [0.05, 0.1) is 12.1 Å². The Morgan fingerprint density at radius 1 is 1.14 bits per heavy atom. The summed E-state index contributed by atoms with van der Waals surface area (Å²) in [6.45, 7) is 1.42. The number of Topliss-reactive ketones (excluding diaryl/α,β-unsaturated/α-hetero) is 1. The second kappa shape index (κ2) is 6.50. The number of anilines is 1. The van der Waals surface area contributed by atoms with Crippen LogP contribution in [0.15, 0.2) is 42.5 Å². The lowest BCUT2D eigenvalue weighted by Crippen LogP contribution is -2.17. The molecule has 2 rings (SSSR count). The van der Waals surface area contributed by atoms with Crippen LogP contribution >= 0.6 is 11.6 Å². The number of hydrogen-bond acceptors (Lipinski definition) is 2. The van der Waals surface area contributed by atoms with Gasteiger partial charge in [-0.25, -0.2) is 4.39 Å². The van der Waals surface area contributed by atoms with Gasteiger partial charge in [0.25, 0.3) is 0 Å². The Kier molecular flexibility index (Phi) is 4.70. The van der Waals surface area contributed by atoms with Gasteiger partial charge in [0.2, 0.25) is 5.91 Å². The molecule has 1 N–H and O–H groups in total. The molecule has 0 heterocycles. The number of rotatable bonds is 4. The van der Waals surface area contributed by atoms with E-state index in [1.165, 1.54) is 25.1 Å². The Labute approximate surface area is 126 Å². The van der Waals surface area contributed by atoms with E-state index in [0.29, 0.717) is 11.3 Å². The molecule has 0 spiro atoms. The Balaban J connectivity index is 2.18. The highest BCUT2D eigenvalue weighted by atomic mass is 35.5. The summed E-state index contributed by atoms with van der Waals surface area (Å²) in [6, 6.07) is 10.9. The fourth-order valence-electron chi connectivity index (χ4n) is 1.96. The number of halogens is 2. The first-order valence-corrected chi connectivity index (χ1v) is 6.69. The normalized spacial score (nSPS) is 10.2. The summed E-state index contributed by atoms with van der Waals surface area (Å²) in [4.78, 5) is 23.5. The van der Waals surface area contributed by atoms with Crippen LogP contribution in [-0.2, 0) is 11.2 Å². The van der Waals surface area contributed by atoms with Crippen LogP contribution in [0.5, 0.6) is 0 Å². The van der Waals surface area contributed by atoms with Crippen molar-refractivity contribution in [1.82, 2.24) is 0 Å². The number of ketones is 1. The quantitative estimate of drug-likeness (QED) is 0.872. The largest absolute Gasteiger partial charge is 0.325 e. The number of carbonyl (C=O) groups is 2. The van der Waals surface area contributed by atoms with E-state index in [0.717, 1.165) is 0 Å². The minimum absolute atomic E-state index is 0.136. The van der Waals surface area contributed by atoms with Crippen molar-refractivity contribution in [3.63, 3.8) is 0 Å². The van der Waals surface area contributed by atoms with E-state index in [-0.39, 0.29) is 22.8 Å². The zero-order valence-electron chi connectivity index (χ0n) is 11.3. The van der Waals surface area contributed by atoms with E-state index >= 15 is 0 Å². The fraction of sp³-hybridized carbons (Fsp3) is 0.125. The highest BCUT2D eigenvalue weighted by Gasteiger charge is 2.14. The predicted molar refractivity (Wildman–Crippen MR) is 80.2 cm³/mol. The van der Waals surface area contributed by atoms with Crippen LogP contribution < -0.4 is 5.32 Å². The lowest BCUT2D eigenvalue weighted by Gasteiger charge is -2.10. The van der Waals surface area contributed by atoms with Gasteiger partial charge in [-0.1, -0.05) is 29.8 Å². The molecule has 3 nitrogen and oxygen atoms in total. The molecule has 0 atom stereocenters. The lowest BCUT2D eigenvalue weighted by molar-refractivity contribution is -0.115.